The summed E-state index contributed by atoms with van der Waals surface area (Å²) in [7, 11) is -0.181. The Kier molecular flexibility index (Phi) is 5.37. The highest BCUT2D eigenvalue weighted by Gasteiger charge is 2.36. The number of carbonyl (C=O) groups excluding carboxylic acids is 1. The van der Waals surface area contributed by atoms with Crippen molar-refractivity contribution < 1.29 is 22.7 Å². The van der Waals surface area contributed by atoms with E-state index in [9.17, 15) is 13.2 Å². The maximum absolute atomic E-state index is 13.0. The molecule has 0 aromatic heterocycles. The van der Waals surface area contributed by atoms with E-state index in [2.05, 4.69) is 4.72 Å². The number of hydrogen-bond acceptors (Lipinski definition) is 5. The van der Waals surface area contributed by atoms with Gasteiger partial charge in [0.1, 0.15) is 0 Å². The molecular weight excluding hydrogens is 394 g/mol. The molecule has 156 valence electrons. The topological polar surface area (TPSA) is 88.2 Å². The highest BCUT2D eigenvalue weighted by atomic mass is 32.2. The van der Waals surface area contributed by atoms with E-state index < -0.39 is 10.2 Å². The quantitative estimate of drug-likeness (QED) is 0.814. The maximum Gasteiger partial charge on any atom is 0.279 e. The van der Waals surface area contributed by atoms with Gasteiger partial charge in [0, 0.05) is 37.8 Å². The molecule has 2 aliphatic rings. The van der Waals surface area contributed by atoms with Crippen LogP contribution in [0.2, 0.25) is 0 Å². The van der Waals surface area contributed by atoms with Crippen molar-refractivity contribution in [3.8, 4) is 11.5 Å². The number of rotatable bonds is 4. The van der Waals surface area contributed by atoms with Crippen LogP contribution in [-0.4, -0.2) is 70.0 Å². The molecule has 29 heavy (non-hydrogen) atoms. The molecule has 0 saturated carbocycles. The van der Waals surface area contributed by atoms with Crippen LogP contribution in [0.1, 0.15) is 23.2 Å². The third-order valence-corrected chi connectivity index (χ3v) is 7.34. The molecule has 2 fully saturated rings. The summed E-state index contributed by atoms with van der Waals surface area (Å²) >= 11 is 0. The number of likely N-dealkylation sites (tertiary alicyclic amines) is 1. The fourth-order valence-corrected chi connectivity index (χ4v) is 5.56. The zero-order valence-electron chi connectivity index (χ0n) is 16.6. The van der Waals surface area contributed by atoms with Crippen molar-refractivity contribution in [2.75, 3.05) is 40.4 Å². The molecule has 0 unspecified atom stereocenters. The van der Waals surface area contributed by atoms with Crippen LogP contribution >= 0.6 is 0 Å². The Hall–Kier alpha value is -2.36. The lowest BCUT2D eigenvalue weighted by Gasteiger charge is -2.35. The van der Waals surface area contributed by atoms with Crippen LogP contribution in [0.5, 0.6) is 11.5 Å². The van der Waals surface area contributed by atoms with Crippen molar-refractivity contribution in [1.29, 1.82) is 0 Å². The lowest BCUT2D eigenvalue weighted by atomic mass is 10.0. The molecule has 4 rings (SSSR count). The third kappa shape index (κ3) is 3.77. The van der Waals surface area contributed by atoms with E-state index in [0.29, 0.717) is 56.1 Å². The van der Waals surface area contributed by atoms with Gasteiger partial charge in [0.2, 0.25) is 0 Å². The van der Waals surface area contributed by atoms with E-state index in [0.717, 1.165) is 10.8 Å². The normalized spacial score (nSPS) is 20.1. The number of hydrogen-bond donors (Lipinski definition) is 1. The fourth-order valence-electron chi connectivity index (χ4n) is 4.11. The summed E-state index contributed by atoms with van der Waals surface area (Å²) in [4.78, 5) is 14.8. The van der Waals surface area contributed by atoms with Crippen LogP contribution in [0.15, 0.2) is 30.3 Å². The van der Waals surface area contributed by atoms with Crippen LogP contribution < -0.4 is 14.2 Å². The van der Waals surface area contributed by atoms with Crippen LogP contribution in [0.4, 0.5) is 0 Å². The average Bonchev–Trinajstić information content (AvgIpc) is 3.10. The Labute approximate surface area is 170 Å². The molecule has 2 aliphatic heterocycles. The van der Waals surface area contributed by atoms with Crippen molar-refractivity contribution >= 4 is 26.9 Å². The Bertz CT molecular complexity index is 1030. The largest absolute Gasteiger partial charge is 0.493 e. The van der Waals surface area contributed by atoms with Gasteiger partial charge in [-0.3, -0.25) is 4.79 Å². The fraction of sp³-hybridized carbons (Fsp3) is 0.450. The standard InChI is InChI=1S/C20H25N3O5S/c1-27-18-12-14-3-4-15(11-16(14)13-19(18)28-2)20(24)22-8-5-17(6-9-22)23-10-7-21-29(23,25)26/h3-4,11-13,17,21H,5-10H2,1-2H3. The van der Waals surface area contributed by atoms with Crippen LogP contribution in [-0.2, 0) is 10.2 Å². The summed E-state index contributed by atoms with van der Waals surface area (Å²) in [6.07, 6.45) is 1.29. The van der Waals surface area contributed by atoms with Gasteiger partial charge in [0.05, 0.1) is 14.2 Å². The molecule has 1 amide bonds. The van der Waals surface area contributed by atoms with Crippen molar-refractivity contribution in [2.24, 2.45) is 0 Å². The molecule has 8 nitrogen and oxygen atoms in total. The van der Waals surface area contributed by atoms with Gasteiger partial charge in [-0.2, -0.15) is 12.7 Å². The van der Waals surface area contributed by atoms with Gasteiger partial charge < -0.3 is 14.4 Å². The van der Waals surface area contributed by atoms with Gasteiger partial charge in [-0.15, -0.1) is 0 Å². The number of benzene rings is 2. The number of nitrogens with zero attached hydrogens (tertiary/aromatic N) is 2. The number of nitrogens with one attached hydrogen (secondary N) is 1. The van der Waals surface area contributed by atoms with E-state index in [-0.39, 0.29) is 11.9 Å². The average molecular weight is 420 g/mol. The molecular formula is C20H25N3O5S. The molecule has 1 N–H and O–H groups in total. The number of ether oxygens (including phenoxy) is 2. The van der Waals surface area contributed by atoms with Gasteiger partial charge in [0.15, 0.2) is 11.5 Å². The second kappa shape index (κ2) is 7.81. The van der Waals surface area contributed by atoms with Gasteiger partial charge in [-0.25, -0.2) is 4.72 Å². The van der Waals surface area contributed by atoms with E-state index in [1.54, 1.807) is 19.1 Å². The van der Waals surface area contributed by atoms with E-state index in [1.807, 2.05) is 30.3 Å². The third-order valence-electron chi connectivity index (χ3n) is 5.67. The smallest absolute Gasteiger partial charge is 0.279 e. The van der Waals surface area contributed by atoms with Crippen molar-refractivity contribution in [2.45, 2.75) is 18.9 Å². The molecule has 2 heterocycles. The Morgan fingerprint density at radius 3 is 2.24 bits per heavy atom. The van der Waals surface area contributed by atoms with Crippen LogP contribution in [0, 0.1) is 0 Å². The van der Waals surface area contributed by atoms with Crippen molar-refractivity contribution in [3.63, 3.8) is 0 Å². The van der Waals surface area contributed by atoms with Crippen LogP contribution in [0.25, 0.3) is 10.8 Å². The number of piperidine rings is 1. The first-order valence-corrected chi connectivity index (χ1v) is 11.1. The van der Waals surface area contributed by atoms with Crippen molar-refractivity contribution in [3.05, 3.63) is 35.9 Å². The van der Waals surface area contributed by atoms with Gasteiger partial charge in [0.25, 0.3) is 16.1 Å². The number of amides is 1. The maximum atomic E-state index is 13.0. The summed E-state index contributed by atoms with van der Waals surface area (Å²) in [6.45, 7) is 2.03. The number of fused-ring (bicyclic) bond motifs is 1. The molecule has 0 atom stereocenters. The molecule has 2 aromatic carbocycles. The Balaban J connectivity index is 1.49. The van der Waals surface area contributed by atoms with E-state index in [1.165, 1.54) is 4.31 Å². The zero-order chi connectivity index (χ0) is 20.6. The first-order valence-electron chi connectivity index (χ1n) is 9.64. The minimum absolute atomic E-state index is 0.0393. The first kappa shape index (κ1) is 19.9. The van der Waals surface area contributed by atoms with E-state index in [4.69, 9.17) is 9.47 Å². The van der Waals surface area contributed by atoms with Gasteiger partial charge >= 0.3 is 0 Å². The first-order chi connectivity index (χ1) is 13.9. The van der Waals surface area contributed by atoms with Crippen molar-refractivity contribution in [1.82, 2.24) is 13.9 Å². The summed E-state index contributed by atoms with van der Waals surface area (Å²) in [5.74, 6) is 1.22. The Morgan fingerprint density at radius 2 is 1.66 bits per heavy atom. The molecule has 0 radical (unpaired) electrons. The predicted octanol–water partition coefficient (Wildman–Crippen LogP) is 1.61. The number of carbonyl (C=O) groups is 1. The minimum Gasteiger partial charge on any atom is -0.493 e. The number of methoxy groups -OCH3 is 2. The SMILES string of the molecule is COc1cc2ccc(C(=O)N3CCC(N4CCNS4(=O)=O)CC3)cc2cc1OC. The summed E-state index contributed by atoms with van der Waals surface area (Å²) in [5, 5.41) is 1.86. The predicted molar refractivity (Wildman–Crippen MR) is 110 cm³/mol. The molecule has 9 heteroatoms. The monoisotopic (exact) mass is 419 g/mol. The second-order valence-corrected chi connectivity index (χ2v) is 9.01. The molecule has 0 spiro atoms. The Morgan fingerprint density at radius 1 is 1.00 bits per heavy atom. The minimum atomic E-state index is -3.36. The van der Waals surface area contributed by atoms with E-state index >= 15 is 0 Å². The lowest BCUT2D eigenvalue weighted by molar-refractivity contribution is 0.0682. The highest BCUT2D eigenvalue weighted by Crippen LogP contribution is 2.33. The summed E-state index contributed by atoms with van der Waals surface area (Å²) in [6, 6.07) is 9.28. The molecule has 2 saturated heterocycles. The van der Waals surface area contributed by atoms with Crippen LogP contribution in [0.3, 0.4) is 0 Å². The summed E-state index contributed by atoms with van der Waals surface area (Å²) in [5.41, 5.74) is 0.610. The molecule has 2 aromatic rings. The second-order valence-electron chi connectivity index (χ2n) is 7.30. The molecule has 0 aliphatic carbocycles. The zero-order valence-corrected chi connectivity index (χ0v) is 17.4. The molecule has 0 bridgehead atoms. The van der Waals surface area contributed by atoms with Gasteiger partial charge in [-0.05, 0) is 47.9 Å². The lowest BCUT2D eigenvalue weighted by Crippen LogP contribution is -2.47. The van der Waals surface area contributed by atoms with Gasteiger partial charge in [-0.1, -0.05) is 6.07 Å². The highest BCUT2D eigenvalue weighted by molar-refractivity contribution is 7.87. The summed E-state index contributed by atoms with van der Waals surface area (Å²) < 4.78 is 38.8.